The minimum Gasteiger partial charge on any atom is -0.440 e. The third-order valence-corrected chi connectivity index (χ3v) is 3.29. The second-order valence-electron chi connectivity index (χ2n) is 4.91. The first-order valence-electron chi connectivity index (χ1n) is 5.90. The Kier molecular flexibility index (Phi) is 3.01. The molecule has 0 N–H and O–H groups in total. The van der Waals surface area contributed by atoms with Crippen molar-refractivity contribution in [3.8, 4) is 0 Å². The van der Waals surface area contributed by atoms with Crippen molar-refractivity contribution in [1.29, 1.82) is 0 Å². The summed E-state index contributed by atoms with van der Waals surface area (Å²) in [4.78, 5) is 16.4. The zero-order valence-corrected chi connectivity index (χ0v) is 10.5. The maximum atomic E-state index is 12.0. The second kappa shape index (κ2) is 4.32. The highest BCUT2D eigenvalue weighted by Gasteiger charge is 2.26. The summed E-state index contributed by atoms with van der Waals surface area (Å²) in [5, 5.41) is 0. The van der Waals surface area contributed by atoms with Gasteiger partial charge in [-0.2, -0.15) is 0 Å². The summed E-state index contributed by atoms with van der Waals surface area (Å²) < 4.78 is 5.55. The second-order valence-corrected chi connectivity index (χ2v) is 4.91. The van der Waals surface area contributed by atoms with Crippen LogP contribution in [0.5, 0.6) is 0 Å². The molecule has 0 aliphatic rings. The average molecular weight is 231 g/mol. The predicted octanol–water partition coefficient (Wildman–Crippen LogP) is 3.38. The van der Waals surface area contributed by atoms with E-state index in [2.05, 4.69) is 4.98 Å². The maximum Gasteiger partial charge on any atom is 0.202 e. The molecule has 2 aromatic rings. The number of benzene rings is 1. The molecular formula is C14H17NO2. The molecular weight excluding hydrogens is 214 g/mol. The van der Waals surface area contributed by atoms with Crippen LogP contribution < -0.4 is 0 Å². The highest BCUT2D eigenvalue weighted by molar-refractivity contribution is 5.86. The fourth-order valence-corrected chi connectivity index (χ4v) is 1.57. The molecule has 3 nitrogen and oxygen atoms in total. The van der Waals surface area contributed by atoms with Gasteiger partial charge in [0.25, 0.3) is 0 Å². The number of rotatable bonds is 4. The first kappa shape index (κ1) is 11.8. The smallest absolute Gasteiger partial charge is 0.202 e. The van der Waals surface area contributed by atoms with Crippen LogP contribution in [0, 0.1) is 5.41 Å². The molecule has 0 aliphatic carbocycles. The minimum absolute atomic E-state index is 0.173. The van der Waals surface area contributed by atoms with Gasteiger partial charge in [-0.05, 0) is 18.6 Å². The van der Waals surface area contributed by atoms with Gasteiger partial charge in [0, 0.05) is 5.41 Å². The Hall–Kier alpha value is -1.64. The molecule has 0 atom stereocenters. The molecule has 3 heteroatoms. The van der Waals surface area contributed by atoms with E-state index >= 15 is 0 Å². The molecule has 0 bridgehead atoms. The van der Waals surface area contributed by atoms with E-state index in [0.717, 1.165) is 17.5 Å². The molecule has 2 rings (SSSR count). The molecule has 90 valence electrons. The Labute approximate surface area is 101 Å². The molecule has 0 spiro atoms. The standard InChI is InChI=1S/C14H17NO2/c1-4-14(2,3)12(16)9-13-15-10-7-5-6-8-11(10)17-13/h5-8H,4,9H2,1-3H3. The van der Waals surface area contributed by atoms with E-state index in [4.69, 9.17) is 4.42 Å². The monoisotopic (exact) mass is 231 g/mol. The van der Waals surface area contributed by atoms with E-state index in [0.29, 0.717) is 5.89 Å². The van der Waals surface area contributed by atoms with Crippen LogP contribution in [0.1, 0.15) is 33.1 Å². The third-order valence-electron chi connectivity index (χ3n) is 3.29. The number of carbonyl (C=O) groups excluding carboxylic acids is 1. The number of nitrogens with zero attached hydrogens (tertiary/aromatic N) is 1. The Morgan fingerprint density at radius 3 is 2.71 bits per heavy atom. The molecule has 1 heterocycles. The number of ketones is 1. The van der Waals surface area contributed by atoms with Crippen molar-refractivity contribution in [2.24, 2.45) is 5.41 Å². The number of aromatic nitrogens is 1. The van der Waals surface area contributed by atoms with Gasteiger partial charge in [0.1, 0.15) is 11.3 Å². The summed E-state index contributed by atoms with van der Waals surface area (Å²) in [6, 6.07) is 7.56. The zero-order valence-electron chi connectivity index (χ0n) is 10.5. The van der Waals surface area contributed by atoms with E-state index in [-0.39, 0.29) is 17.6 Å². The highest BCUT2D eigenvalue weighted by atomic mass is 16.3. The van der Waals surface area contributed by atoms with E-state index in [1.165, 1.54) is 0 Å². The number of hydrogen-bond acceptors (Lipinski definition) is 3. The van der Waals surface area contributed by atoms with Gasteiger partial charge in [-0.15, -0.1) is 0 Å². The van der Waals surface area contributed by atoms with Crippen LogP contribution in [0.2, 0.25) is 0 Å². The van der Waals surface area contributed by atoms with Gasteiger partial charge in [-0.1, -0.05) is 32.9 Å². The van der Waals surface area contributed by atoms with Gasteiger partial charge in [0.05, 0.1) is 6.42 Å². The van der Waals surface area contributed by atoms with E-state index < -0.39 is 0 Å². The molecule has 1 aromatic heterocycles. The van der Waals surface area contributed by atoms with Crippen LogP contribution in [-0.2, 0) is 11.2 Å². The third kappa shape index (κ3) is 2.38. The molecule has 0 unspecified atom stereocenters. The summed E-state index contributed by atoms with van der Waals surface area (Å²) in [6.07, 6.45) is 1.10. The van der Waals surface area contributed by atoms with Crippen molar-refractivity contribution in [2.75, 3.05) is 0 Å². The van der Waals surface area contributed by atoms with Gasteiger partial charge in [0.2, 0.25) is 5.89 Å². The average Bonchev–Trinajstić information content (AvgIpc) is 2.70. The van der Waals surface area contributed by atoms with Crippen LogP contribution in [0.25, 0.3) is 11.1 Å². The first-order valence-corrected chi connectivity index (χ1v) is 5.90. The Bertz CT molecular complexity index is 507. The van der Waals surface area contributed by atoms with Crippen molar-refractivity contribution in [3.05, 3.63) is 30.2 Å². The van der Waals surface area contributed by atoms with Crippen molar-refractivity contribution < 1.29 is 9.21 Å². The minimum atomic E-state index is -0.305. The lowest BCUT2D eigenvalue weighted by molar-refractivity contribution is -0.126. The van der Waals surface area contributed by atoms with Gasteiger partial charge in [-0.3, -0.25) is 4.79 Å². The maximum absolute atomic E-state index is 12.0. The van der Waals surface area contributed by atoms with E-state index in [1.54, 1.807) is 0 Å². The van der Waals surface area contributed by atoms with Crippen molar-refractivity contribution >= 4 is 16.9 Å². The lowest BCUT2D eigenvalue weighted by Gasteiger charge is -2.19. The Balaban J connectivity index is 2.22. The lowest BCUT2D eigenvalue weighted by Crippen LogP contribution is -2.25. The summed E-state index contributed by atoms with van der Waals surface area (Å²) in [7, 11) is 0. The number of oxazole rings is 1. The number of fused-ring (bicyclic) bond motifs is 1. The molecule has 17 heavy (non-hydrogen) atoms. The molecule has 0 aliphatic heterocycles. The molecule has 0 radical (unpaired) electrons. The van der Waals surface area contributed by atoms with E-state index in [9.17, 15) is 4.79 Å². The van der Waals surface area contributed by atoms with Crippen LogP contribution >= 0.6 is 0 Å². The molecule has 0 saturated carbocycles. The van der Waals surface area contributed by atoms with Gasteiger partial charge in [-0.25, -0.2) is 4.98 Å². The largest absolute Gasteiger partial charge is 0.440 e. The summed E-state index contributed by atoms with van der Waals surface area (Å²) >= 11 is 0. The summed E-state index contributed by atoms with van der Waals surface area (Å²) in [6.45, 7) is 5.93. The zero-order chi connectivity index (χ0) is 12.5. The van der Waals surface area contributed by atoms with Crippen LogP contribution in [0.3, 0.4) is 0 Å². The fraction of sp³-hybridized carbons (Fsp3) is 0.429. The molecule has 0 amide bonds. The SMILES string of the molecule is CCC(C)(C)C(=O)Cc1nc2ccccc2o1. The van der Waals surface area contributed by atoms with E-state index in [1.807, 2.05) is 45.0 Å². The van der Waals surface area contributed by atoms with Gasteiger partial charge >= 0.3 is 0 Å². The number of Topliss-reactive ketones (excluding diaryl/α,β-unsaturated/α-hetero) is 1. The Morgan fingerprint density at radius 2 is 2.06 bits per heavy atom. The number of hydrogen-bond donors (Lipinski definition) is 0. The highest BCUT2D eigenvalue weighted by Crippen LogP contribution is 2.24. The summed E-state index contributed by atoms with van der Waals surface area (Å²) in [5.74, 6) is 0.685. The molecule has 0 saturated heterocycles. The van der Waals surface area contributed by atoms with Crippen LogP contribution in [-0.4, -0.2) is 10.8 Å². The van der Waals surface area contributed by atoms with Gasteiger partial charge < -0.3 is 4.42 Å². The van der Waals surface area contributed by atoms with Crippen LogP contribution in [0.15, 0.2) is 28.7 Å². The Morgan fingerprint density at radius 1 is 1.35 bits per heavy atom. The normalized spacial score (nSPS) is 11.9. The number of carbonyl (C=O) groups is 1. The molecule has 0 fully saturated rings. The van der Waals surface area contributed by atoms with Gasteiger partial charge in [0.15, 0.2) is 5.58 Å². The van der Waals surface area contributed by atoms with Crippen molar-refractivity contribution in [1.82, 2.24) is 4.98 Å². The van der Waals surface area contributed by atoms with Crippen molar-refractivity contribution in [3.63, 3.8) is 0 Å². The topological polar surface area (TPSA) is 43.1 Å². The number of para-hydroxylation sites is 2. The quantitative estimate of drug-likeness (QED) is 0.810. The predicted molar refractivity (Wildman–Crippen MR) is 66.8 cm³/mol. The van der Waals surface area contributed by atoms with Crippen LogP contribution in [0.4, 0.5) is 0 Å². The lowest BCUT2D eigenvalue weighted by atomic mass is 9.84. The fourth-order valence-electron chi connectivity index (χ4n) is 1.57. The first-order chi connectivity index (χ1) is 8.03. The summed E-state index contributed by atoms with van der Waals surface area (Å²) in [5.41, 5.74) is 1.25. The van der Waals surface area contributed by atoms with Crippen molar-refractivity contribution in [2.45, 2.75) is 33.6 Å². The molecule has 1 aromatic carbocycles.